The van der Waals surface area contributed by atoms with Crippen molar-refractivity contribution in [1.29, 1.82) is 0 Å². The largest absolute Gasteiger partial charge is 0.413 e. The normalized spacial score (nSPS) is 38.3. The quantitative estimate of drug-likeness (QED) is 0.187. The molecule has 5 nitrogen and oxygen atoms in total. The van der Waals surface area contributed by atoms with E-state index in [1.54, 1.807) is 0 Å². The SMILES string of the molecule is CC[Si](CC)(OCC1=C[C@@H]2C(=O)[C@]3(C=C(C)[C@H](O[Si](CC)(CC)C(C)C)[C@@]3(O)[C@@H]1O)[C@H](C)C[C@@H]1[C@H]2C1(C)C)C(C)C. The molecule has 0 aliphatic heterocycles. The van der Waals surface area contributed by atoms with Crippen molar-refractivity contribution in [3.8, 4) is 0 Å². The molecule has 0 amide bonds. The van der Waals surface area contributed by atoms with Gasteiger partial charge in [-0.15, -0.1) is 0 Å². The Morgan fingerprint density at radius 3 is 2.02 bits per heavy atom. The zero-order valence-corrected chi connectivity index (χ0v) is 30.1. The van der Waals surface area contributed by atoms with Gasteiger partial charge in [-0.2, -0.15) is 0 Å². The van der Waals surface area contributed by atoms with Crippen molar-refractivity contribution in [3.63, 3.8) is 0 Å². The van der Waals surface area contributed by atoms with E-state index in [2.05, 4.69) is 76.2 Å². The van der Waals surface area contributed by atoms with Crippen LogP contribution in [0.5, 0.6) is 0 Å². The maximum Gasteiger partial charge on any atom is 0.195 e. The van der Waals surface area contributed by atoms with Gasteiger partial charge >= 0.3 is 0 Å². The van der Waals surface area contributed by atoms with Gasteiger partial charge in [-0.25, -0.2) is 0 Å². The van der Waals surface area contributed by atoms with Gasteiger partial charge in [0.05, 0.1) is 18.1 Å². The van der Waals surface area contributed by atoms with Gasteiger partial charge in [0, 0.05) is 5.92 Å². The number of hydrogen-bond acceptors (Lipinski definition) is 5. The third-order valence-corrected chi connectivity index (χ3v) is 23.5. The molecule has 0 aromatic heterocycles. The minimum absolute atomic E-state index is 0.0622. The number of aliphatic hydroxyl groups excluding tert-OH is 1. The fraction of sp³-hybridized carbons (Fsp3) is 0.853. The molecule has 0 heterocycles. The number of carbonyl (C=O) groups is 1. The molecule has 1 spiro atoms. The number of carbonyl (C=O) groups excluding carboxylic acids is 1. The van der Waals surface area contributed by atoms with Crippen molar-refractivity contribution in [2.45, 2.75) is 143 Å². The van der Waals surface area contributed by atoms with Crippen LogP contribution in [0.25, 0.3) is 0 Å². The lowest BCUT2D eigenvalue weighted by atomic mass is 9.59. The van der Waals surface area contributed by atoms with E-state index in [1.165, 1.54) is 0 Å². The standard InChI is InChI=1S/C34H60O5Si2/c1-13-40(14-2,21(5)6)38-20-25-18-26-28-27(32(28,11)12)17-24(10)33(30(26)36)19-23(9)31(34(33,37)29(25)35)39-41(15-3,16-4)22(7)8/h18-19,21-22,24,26-29,31,35,37H,13-17,20H2,1-12H3/t24-,26+,27-,28+,29-,31+,33+,34+/m1/s1. The third kappa shape index (κ3) is 4.53. The molecule has 4 rings (SSSR count). The van der Waals surface area contributed by atoms with Gasteiger partial charge in [-0.05, 0) is 82.9 Å². The van der Waals surface area contributed by atoms with Crippen molar-refractivity contribution in [2.24, 2.45) is 34.5 Å². The Kier molecular flexibility index (Phi) is 9.02. The molecule has 4 aliphatic rings. The van der Waals surface area contributed by atoms with Crippen LogP contribution in [0, 0.1) is 34.5 Å². The second kappa shape index (κ2) is 11.1. The van der Waals surface area contributed by atoms with Crippen molar-refractivity contribution in [1.82, 2.24) is 0 Å². The van der Waals surface area contributed by atoms with Gasteiger partial charge in [-0.1, -0.05) is 88.3 Å². The van der Waals surface area contributed by atoms with Crippen LogP contribution in [0.1, 0.15) is 89.5 Å². The van der Waals surface area contributed by atoms with E-state index < -0.39 is 39.9 Å². The molecule has 234 valence electrons. The highest BCUT2D eigenvalue weighted by Crippen LogP contribution is 2.72. The van der Waals surface area contributed by atoms with Crippen molar-refractivity contribution < 1.29 is 23.9 Å². The first kappa shape index (κ1) is 33.3. The summed E-state index contributed by atoms with van der Waals surface area (Å²) in [5.41, 5.74) is -0.525. The topological polar surface area (TPSA) is 76.0 Å². The molecule has 8 atom stereocenters. The van der Waals surface area contributed by atoms with Crippen molar-refractivity contribution >= 4 is 22.4 Å². The van der Waals surface area contributed by atoms with Crippen LogP contribution in [-0.4, -0.2) is 57.0 Å². The first-order valence-corrected chi connectivity index (χ1v) is 21.5. The number of aliphatic hydroxyl groups is 2. The van der Waals surface area contributed by atoms with Crippen LogP contribution >= 0.6 is 0 Å². The van der Waals surface area contributed by atoms with E-state index in [-0.39, 0.29) is 35.6 Å². The molecule has 0 aromatic rings. The van der Waals surface area contributed by atoms with Crippen LogP contribution in [0.15, 0.2) is 23.3 Å². The van der Waals surface area contributed by atoms with Crippen LogP contribution in [-0.2, 0) is 13.6 Å². The van der Waals surface area contributed by atoms with Crippen LogP contribution in [0.2, 0.25) is 35.3 Å². The van der Waals surface area contributed by atoms with Gasteiger partial charge in [0.1, 0.15) is 11.7 Å². The summed E-state index contributed by atoms with van der Waals surface area (Å²) < 4.78 is 14.1. The summed E-state index contributed by atoms with van der Waals surface area (Å²) in [6, 6.07) is 3.85. The third-order valence-electron chi connectivity index (χ3n) is 13.1. The highest BCUT2D eigenvalue weighted by molar-refractivity contribution is 6.75. The monoisotopic (exact) mass is 604 g/mol. The Morgan fingerprint density at radius 2 is 1.54 bits per heavy atom. The van der Waals surface area contributed by atoms with Gasteiger partial charge in [0.25, 0.3) is 0 Å². The highest BCUT2D eigenvalue weighted by atomic mass is 28.4. The summed E-state index contributed by atoms with van der Waals surface area (Å²) in [7, 11) is -4.36. The predicted octanol–water partition coefficient (Wildman–Crippen LogP) is 7.65. The molecular formula is C34H60O5Si2. The van der Waals surface area contributed by atoms with E-state index in [1.807, 2.05) is 19.1 Å². The van der Waals surface area contributed by atoms with Gasteiger partial charge in [-0.3, -0.25) is 4.79 Å². The minimum Gasteiger partial charge on any atom is -0.413 e. The lowest BCUT2D eigenvalue weighted by Gasteiger charge is -2.51. The molecule has 2 saturated carbocycles. The molecular weight excluding hydrogens is 545 g/mol. The first-order valence-electron chi connectivity index (χ1n) is 16.7. The molecule has 2 bridgehead atoms. The minimum atomic E-state index is -2.29. The average Bonchev–Trinajstić information content (AvgIpc) is 3.41. The number of rotatable bonds is 11. The lowest BCUT2D eigenvalue weighted by molar-refractivity contribution is -0.187. The second-order valence-electron chi connectivity index (χ2n) is 15.3. The Labute approximate surface area is 252 Å². The summed E-state index contributed by atoms with van der Waals surface area (Å²) in [5, 5.41) is 25.7. The summed E-state index contributed by atoms with van der Waals surface area (Å²) in [6.45, 7) is 26.8. The first-order chi connectivity index (χ1) is 19.0. The maximum absolute atomic E-state index is 15.0. The highest BCUT2D eigenvalue weighted by Gasteiger charge is 2.76. The average molecular weight is 605 g/mol. The Balaban J connectivity index is 1.89. The fourth-order valence-electron chi connectivity index (χ4n) is 9.85. The number of hydrogen-bond donors (Lipinski definition) is 2. The number of Topliss-reactive ketones (excluding diaryl/α,β-unsaturated/α-hetero) is 1. The zero-order chi connectivity index (χ0) is 30.9. The molecule has 0 radical (unpaired) electrons. The molecule has 0 unspecified atom stereocenters. The number of ketones is 1. The Morgan fingerprint density at radius 1 is 1.00 bits per heavy atom. The predicted molar refractivity (Wildman–Crippen MR) is 173 cm³/mol. The molecule has 4 aliphatic carbocycles. The van der Waals surface area contributed by atoms with E-state index in [9.17, 15) is 15.0 Å². The van der Waals surface area contributed by atoms with Crippen molar-refractivity contribution in [2.75, 3.05) is 6.61 Å². The van der Waals surface area contributed by atoms with E-state index >= 15 is 0 Å². The summed E-state index contributed by atoms with van der Waals surface area (Å²) in [4.78, 5) is 15.0. The van der Waals surface area contributed by atoms with Crippen molar-refractivity contribution in [3.05, 3.63) is 23.3 Å². The summed E-state index contributed by atoms with van der Waals surface area (Å²) >= 11 is 0. The molecule has 2 fully saturated rings. The second-order valence-corrected chi connectivity index (χ2v) is 25.3. The molecule has 41 heavy (non-hydrogen) atoms. The van der Waals surface area contributed by atoms with Gasteiger partial charge in [0.15, 0.2) is 22.4 Å². The molecule has 7 heteroatoms. The summed E-state index contributed by atoms with van der Waals surface area (Å²) in [6.07, 6.45) is 3.01. The van der Waals surface area contributed by atoms with Crippen LogP contribution in [0.3, 0.4) is 0 Å². The van der Waals surface area contributed by atoms with E-state index in [0.29, 0.717) is 22.6 Å². The van der Waals surface area contributed by atoms with E-state index in [0.717, 1.165) is 36.2 Å². The maximum atomic E-state index is 15.0. The molecule has 0 aromatic carbocycles. The fourth-order valence-corrected chi connectivity index (χ4v) is 16.8. The van der Waals surface area contributed by atoms with Crippen LogP contribution < -0.4 is 0 Å². The van der Waals surface area contributed by atoms with E-state index in [4.69, 9.17) is 8.85 Å². The number of allylic oxidation sites excluding steroid dienone is 1. The smallest absolute Gasteiger partial charge is 0.195 e. The van der Waals surface area contributed by atoms with Gasteiger partial charge < -0.3 is 19.1 Å². The Hall–Kier alpha value is -0.576. The van der Waals surface area contributed by atoms with Crippen LogP contribution in [0.4, 0.5) is 0 Å². The zero-order valence-electron chi connectivity index (χ0n) is 28.1. The van der Waals surface area contributed by atoms with Gasteiger partial charge in [0.2, 0.25) is 0 Å². The molecule has 2 N–H and O–H groups in total. The number of fused-ring (bicyclic) bond motifs is 3. The summed E-state index contributed by atoms with van der Waals surface area (Å²) in [5.74, 6) is 0.263. The Bertz CT molecular complexity index is 1070. The lowest BCUT2D eigenvalue weighted by Crippen LogP contribution is -2.67. The molecule has 0 saturated heterocycles.